The molecule has 3 aromatic rings. The van der Waals surface area contributed by atoms with Crippen LogP contribution >= 0.6 is 11.3 Å². The Balaban J connectivity index is 1.36. The number of carboxylic acids is 1. The third-order valence-corrected chi connectivity index (χ3v) is 7.56. The number of hydrogen-bond acceptors (Lipinski definition) is 4. The summed E-state index contributed by atoms with van der Waals surface area (Å²) in [5, 5.41) is 10.8. The van der Waals surface area contributed by atoms with Gasteiger partial charge in [0.1, 0.15) is 4.88 Å². The molecule has 3 heterocycles. The van der Waals surface area contributed by atoms with Crippen LogP contribution in [0.5, 0.6) is 0 Å². The Morgan fingerprint density at radius 1 is 1.07 bits per heavy atom. The molecule has 1 atom stereocenters. The Morgan fingerprint density at radius 3 is 2.73 bits per heavy atom. The van der Waals surface area contributed by atoms with Crippen LogP contribution in [-0.4, -0.2) is 47.6 Å². The maximum absolute atomic E-state index is 13.1. The van der Waals surface area contributed by atoms with E-state index >= 15 is 0 Å². The van der Waals surface area contributed by atoms with Crippen LogP contribution in [0.4, 0.5) is 5.69 Å². The molecule has 2 aliphatic rings. The topological polar surface area (TPSA) is 60.9 Å². The lowest BCUT2D eigenvalue weighted by Gasteiger charge is -2.27. The van der Waals surface area contributed by atoms with E-state index in [-0.39, 0.29) is 11.9 Å². The van der Waals surface area contributed by atoms with Gasteiger partial charge in [0.25, 0.3) is 0 Å². The van der Waals surface area contributed by atoms with E-state index in [0.717, 1.165) is 53.7 Å². The van der Waals surface area contributed by atoms with E-state index in [0.29, 0.717) is 17.8 Å². The first-order chi connectivity index (χ1) is 14.6. The van der Waals surface area contributed by atoms with Crippen LogP contribution in [0, 0.1) is 0 Å². The molecule has 2 aromatic carbocycles. The SMILES string of the molecule is O=C(O)c1sc2ccccc2c1CC1CCCN1CC(=O)N1CCc2ccccc21. The molecule has 1 unspecified atom stereocenters. The summed E-state index contributed by atoms with van der Waals surface area (Å²) in [6.45, 7) is 2.02. The molecule has 1 saturated heterocycles. The number of thiophene rings is 1. The third-order valence-electron chi connectivity index (χ3n) is 6.36. The summed E-state index contributed by atoms with van der Waals surface area (Å²) in [7, 11) is 0. The smallest absolute Gasteiger partial charge is 0.346 e. The van der Waals surface area contributed by atoms with Gasteiger partial charge in [-0.05, 0) is 60.9 Å². The number of carboxylic acid groups (broad SMARTS) is 1. The van der Waals surface area contributed by atoms with Gasteiger partial charge in [0.2, 0.25) is 5.91 Å². The zero-order chi connectivity index (χ0) is 20.7. The highest BCUT2D eigenvalue weighted by Gasteiger charge is 2.32. The fourth-order valence-electron chi connectivity index (χ4n) is 4.90. The Morgan fingerprint density at radius 2 is 1.87 bits per heavy atom. The number of benzene rings is 2. The standard InChI is InChI=1S/C24H24N2O3S/c27-22(26-13-11-16-6-1-3-9-20(16)26)15-25-12-5-7-17(25)14-19-18-8-2-4-10-21(18)30-23(19)24(28)29/h1-4,6,8-10,17H,5,7,11-15H2,(H,28,29). The van der Waals surface area contributed by atoms with E-state index in [4.69, 9.17) is 0 Å². The maximum atomic E-state index is 13.1. The van der Waals surface area contributed by atoms with Gasteiger partial charge in [-0.2, -0.15) is 0 Å². The highest BCUT2D eigenvalue weighted by atomic mass is 32.1. The number of likely N-dealkylation sites (tertiary alicyclic amines) is 1. The highest BCUT2D eigenvalue weighted by molar-refractivity contribution is 7.21. The van der Waals surface area contributed by atoms with Crippen LogP contribution in [0.25, 0.3) is 10.1 Å². The Hall–Kier alpha value is -2.70. The lowest BCUT2D eigenvalue weighted by molar-refractivity contribution is -0.119. The van der Waals surface area contributed by atoms with Gasteiger partial charge in [-0.15, -0.1) is 11.3 Å². The number of carbonyl (C=O) groups is 2. The molecule has 0 radical (unpaired) electrons. The molecule has 5 nitrogen and oxygen atoms in total. The van der Waals surface area contributed by atoms with Gasteiger partial charge in [-0.3, -0.25) is 9.69 Å². The minimum Gasteiger partial charge on any atom is -0.477 e. The molecule has 1 aromatic heterocycles. The normalized spacial score (nSPS) is 18.8. The molecular formula is C24H24N2O3S. The van der Waals surface area contributed by atoms with E-state index in [1.54, 1.807) is 0 Å². The van der Waals surface area contributed by atoms with Crippen molar-refractivity contribution in [3.63, 3.8) is 0 Å². The quantitative estimate of drug-likeness (QED) is 0.672. The summed E-state index contributed by atoms with van der Waals surface area (Å²) in [5.41, 5.74) is 3.19. The van der Waals surface area contributed by atoms with Gasteiger partial charge < -0.3 is 10.0 Å². The first-order valence-electron chi connectivity index (χ1n) is 10.5. The van der Waals surface area contributed by atoms with Crippen LogP contribution in [0.2, 0.25) is 0 Å². The van der Waals surface area contributed by atoms with Crippen molar-refractivity contribution in [3.05, 3.63) is 64.5 Å². The van der Waals surface area contributed by atoms with Gasteiger partial charge in [-0.25, -0.2) is 4.79 Å². The summed E-state index contributed by atoms with van der Waals surface area (Å²) < 4.78 is 1.01. The molecule has 2 aliphatic heterocycles. The number of fused-ring (bicyclic) bond motifs is 2. The Labute approximate surface area is 179 Å². The molecular weight excluding hydrogens is 396 g/mol. The van der Waals surface area contributed by atoms with E-state index in [1.165, 1.54) is 16.9 Å². The van der Waals surface area contributed by atoms with Crippen molar-refractivity contribution >= 4 is 39.0 Å². The number of amides is 1. The number of nitrogens with zero attached hydrogens (tertiary/aromatic N) is 2. The van der Waals surface area contributed by atoms with Crippen molar-refractivity contribution in [2.75, 3.05) is 24.5 Å². The molecule has 5 rings (SSSR count). The molecule has 0 aliphatic carbocycles. The predicted molar refractivity (Wildman–Crippen MR) is 120 cm³/mol. The van der Waals surface area contributed by atoms with Gasteiger partial charge in [0.05, 0.1) is 6.54 Å². The van der Waals surface area contributed by atoms with Gasteiger partial charge >= 0.3 is 5.97 Å². The number of para-hydroxylation sites is 1. The fourth-order valence-corrected chi connectivity index (χ4v) is 5.97. The largest absolute Gasteiger partial charge is 0.477 e. The van der Waals surface area contributed by atoms with Crippen molar-refractivity contribution in [2.45, 2.75) is 31.7 Å². The molecule has 30 heavy (non-hydrogen) atoms. The number of hydrogen-bond donors (Lipinski definition) is 1. The van der Waals surface area contributed by atoms with E-state index in [1.807, 2.05) is 47.4 Å². The van der Waals surface area contributed by atoms with Crippen molar-refractivity contribution in [1.29, 1.82) is 0 Å². The fraction of sp³-hybridized carbons (Fsp3) is 0.333. The van der Waals surface area contributed by atoms with Crippen LogP contribution < -0.4 is 4.90 Å². The minimum atomic E-state index is -0.861. The van der Waals surface area contributed by atoms with Gasteiger partial charge in [-0.1, -0.05) is 36.4 Å². The van der Waals surface area contributed by atoms with Crippen LogP contribution in [-0.2, 0) is 17.6 Å². The summed E-state index contributed by atoms with van der Waals surface area (Å²) in [4.78, 5) is 29.5. The maximum Gasteiger partial charge on any atom is 0.346 e. The lowest BCUT2D eigenvalue weighted by Crippen LogP contribution is -2.42. The van der Waals surface area contributed by atoms with E-state index in [9.17, 15) is 14.7 Å². The summed E-state index contributed by atoms with van der Waals surface area (Å²) in [5.74, 6) is -0.721. The highest BCUT2D eigenvalue weighted by Crippen LogP contribution is 2.35. The van der Waals surface area contributed by atoms with Crippen molar-refractivity contribution < 1.29 is 14.7 Å². The first kappa shape index (κ1) is 19.3. The van der Waals surface area contributed by atoms with Crippen LogP contribution in [0.15, 0.2) is 48.5 Å². The molecule has 154 valence electrons. The number of carbonyl (C=O) groups excluding carboxylic acids is 1. The lowest BCUT2D eigenvalue weighted by atomic mass is 10.0. The second-order valence-corrected chi connectivity index (χ2v) is 9.16. The average Bonchev–Trinajstić information content (AvgIpc) is 3.46. The van der Waals surface area contributed by atoms with Crippen molar-refractivity contribution in [3.8, 4) is 0 Å². The van der Waals surface area contributed by atoms with E-state index < -0.39 is 5.97 Å². The molecule has 0 bridgehead atoms. The first-order valence-corrected chi connectivity index (χ1v) is 11.3. The second-order valence-electron chi connectivity index (χ2n) is 8.11. The van der Waals surface area contributed by atoms with Crippen molar-refractivity contribution in [1.82, 2.24) is 4.90 Å². The van der Waals surface area contributed by atoms with Crippen LogP contribution in [0.1, 0.15) is 33.6 Å². The van der Waals surface area contributed by atoms with Crippen molar-refractivity contribution in [2.24, 2.45) is 0 Å². The second kappa shape index (κ2) is 7.85. The van der Waals surface area contributed by atoms with Gasteiger partial charge in [0.15, 0.2) is 0 Å². The molecule has 0 saturated carbocycles. The van der Waals surface area contributed by atoms with Gasteiger partial charge in [0, 0.05) is 23.0 Å². The summed E-state index contributed by atoms with van der Waals surface area (Å²) in [6, 6.07) is 16.2. The van der Waals surface area contributed by atoms with E-state index in [2.05, 4.69) is 11.0 Å². The molecule has 1 amide bonds. The predicted octanol–water partition coefficient (Wildman–Crippen LogP) is 4.20. The zero-order valence-corrected chi connectivity index (χ0v) is 17.5. The van der Waals surface area contributed by atoms with Crippen LogP contribution in [0.3, 0.4) is 0 Å². The average molecular weight is 421 g/mol. The monoisotopic (exact) mass is 420 g/mol. The molecule has 0 spiro atoms. The zero-order valence-electron chi connectivity index (χ0n) is 16.7. The Kier molecular flexibility index (Phi) is 5.05. The summed E-state index contributed by atoms with van der Waals surface area (Å²) >= 11 is 1.35. The Bertz CT molecular complexity index is 1120. The third kappa shape index (κ3) is 3.40. The molecule has 6 heteroatoms. The minimum absolute atomic E-state index is 0.139. The summed E-state index contributed by atoms with van der Waals surface area (Å²) in [6.07, 6.45) is 3.62. The molecule has 1 N–H and O–H groups in total. The number of aromatic carboxylic acids is 1. The number of anilines is 1. The molecule has 1 fully saturated rings. The number of rotatable bonds is 5.